The van der Waals surface area contributed by atoms with Gasteiger partial charge in [-0.15, -0.1) is 10.2 Å². The lowest BCUT2D eigenvalue weighted by Crippen LogP contribution is -2.47. The van der Waals surface area contributed by atoms with E-state index in [0.29, 0.717) is 23.1 Å². The summed E-state index contributed by atoms with van der Waals surface area (Å²) in [6.45, 7) is 6.22. The Hall–Kier alpha value is -2.48. The minimum absolute atomic E-state index is 0.00339. The molecule has 8 heteroatoms. The van der Waals surface area contributed by atoms with Crippen molar-refractivity contribution in [2.75, 3.05) is 19.0 Å². The van der Waals surface area contributed by atoms with Gasteiger partial charge in [0.25, 0.3) is 0 Å². The molecule has 1 unspecified atom stereocenters. The minimum atomic E-state index is -0.507. The minimum Gasteiger partial charge on any atom is -0.497 e. The summed E-state index contributed by atoms with van der Waals surface area (Å²) in [5, 5.41) is 12.2. The Morgan fingerprint density at radius 1 is 1.22 bits per heavy atom. The van der Waals surface area contributed by atoms with E-state index >= 15 is 0 Å². The molecule has 0 radical (unpaired) electrons. The Bertz CT molecular complexity index is 826. The summed E-state index contributed by atoms with van der Waals surface area (Å²) < 4.78 is 5.15. The van der Waals surface area contributed by atoms with Gasteiger partial charge in [-0.05, 0) is 37.1 Å². The number of methoxy groups -OCH3 is 1. The largest absolute Gasteiger partial charge is 0.497 e. The monoisotopic (exact) mass is 388 g/mol. The van der Waals surface area contributed by atoms with Crippen LogP contribution in [0, 0.1) is 5.41 Å². The van der Waals surface area contributed by atoms with E-state index in [-0.39, 0.29) is 11.8 Å². The second-order valence-electron chi connectivity index (χ2n) is 7.54. The highest BCUT2D eigenvalue weighted by Crippen LogP contribution is 2.29. The molecule has 2 aromatic rings. The molecule has 27 heavy (non-hydrogen) atoms. The fourth-order valence-electron chi connectivity index (χ4n) is 3.03. The molecular weight excluding hydrogens is 364 g/mol. The Labute approximate surface area is 162 Å². The van der Waals surface area contributed by atoms with Crippen LogP contribution in [0.15, 0.2) is 24.3 Å². The zero-order chi connectivity index (χ0) is 19.6. The molecule has 2 heterocycles. The third-order valence-corrected chi connectivity index (χ3v) is 5.34. The van der Waals surface area contributed by atoms with E-state index in [2.05, 4.69) is 15.5 Å². The molecule has 144 valence electrons. The lowest BCUT2D eigenvalue weighted by molar-refractivity contribution is -0.143. The van der Waals surface area contributed by atoms with Crippen molar-refractivity contribution in [3.63, 3.8) is 0 Å². The number of amides is 2. The highest BCUT2D eigenvalue weighted by Gasteiger charge is 2.38. The molecular formula is C19H24N4O3S. The number of benzene rings is 1. The molecule has 1 atom stereocenters. The summed E-state index contributed by atoms with van der Waals surface area (Å²) in [5.74, 6) is 0.556. The number of carbonyl (C=O) groups is 2. The van der Waals surface area contributed by atoms with Gasteiger partial charge in [0.1, 0.15) is 16.8 Å². The van der Waals surface area contributed by atoms with Crippen molar-refractivity contribution < 1.29 is 14.3 Å². The fraction of sp³-hybridized carbons (Fsp3) is 0.474. The molecule has 1 aliphatic rings. The Balaban J connectivity index is 1.69. The van der Waals surface area contributed by atoms with Crippen LogP contribution in [-0.4, -0.2) is 46.6 Å². The number of hydrogen-bond donors (Lipinski definition) is 1. The van der Waals surface area contributed by atoms with E-state index in [1.165, 1.54) is 11.3 Å². The summed E-state index contributed by atoms with van der Waals surface area (Å²) in [6.07, 6.45) is 1.49. The van der Waals surface area contributed by atoms with Crippen LogP contribution in [0.4, 0.5) is 5.13 Å². The molecule has 1 fully saturated rings. The highest BCUT2D eigenvalue weighted by molar-refractivity contribution is 7.18. The molecule has 0 spiro atoms. The number of likely N-dealkylation sites (tertiary alicyclic amines) is 1. The van der Waals surface area contributed by atoms with Crippen molar-refractivity contribution in [2.45, 2.75) is 39.7 Å². The second-order valence-corrected chi connectivity index (χ2v) is 8.51. The summed E-state index contributed by atoms with van der Waals surface area (Å²) >= 11 is 1.30. The maximum atomic E-state index is 12.7. The van der Waals surface area contributed by atoms with Gasteiger partial charge in [0, 0.05) is 17.5 Å². The van der Waals surface area contributed by atoms with Crippen molar-refractivity contribution in [2.24, 2.45) is 5.41 Å². The highest BCUT2D eigenvalue weighted by atomic mass is 32.1. The van der Waals surface area contributed by atoms with E-state index < -0.39 is 11.5 Å². The molecule has 3 rings (SSSR count). The van der Waals surface area contributed by atoms with Crippen LogP contribution in [0.25, 0.3) is 10.6 Å². The van der Waals surface area contributed by atoms with Crippen molar-refractivity contribution in [1.29, 1.82) is 0 Å². The first-order valence-electron chi connectivity index (χ1n) is 8.89. The van der Waals surface area contributed by atoms with Gasteiger partial charge in [0.15, 0.2) is 0 Å². The average Bonchev–Trinajstić information content (AvgIpc) is 3.29. The molecule has 1 N–H and O–H groups in total. The Kier molecular flexibility index (Phi) is 5.46. The predicted molar refractivity (Wildman–Crippen MR) is 105 cm³/mol. The van der Waals surface area contributed by atoms with Crippen LogP contribution in [0.1, 0.15) is 33.6 Å². The number of anilines is 1. The van der Waals surface area contributed by atoms with Crippen LogP contribution >= 0.6 is 11.3 Å². The van der Waals surface area contributed by atoms with Gasteiger partial charge in [-0.2, -0.15) is 0 Å². The predicted octanol–water partition coefficient (Wildman–Crippen LogP) is 3.19. The van der Waals surface area contributed by atoms with Gasteiger partial charge in [-0.1, -0.05) is 32.1 Å². The first kappa shape index (κ1) is 19.3. The summed E-state index contributed by atoms with van der Waals surface area (Å²) in [6, 6.07) is 7.04. The van der Waals surface area contributed by atoms with Crippen molar-refractivity contribution >= 4 is 28.3 Å². The maximum Gasteiger partial charge on any atom is 0.249 e. The number of nitrogens with one attached hydrogen (secondary N) is 1. The van der Waals surface area contributed by atoms with E-state index in [0.717, 1.165) is 17.7 Å². The third kappa shape index (κ3) is 4.27. The molecule has 1 aromatic heterocycles. The van der Waals surface area contributed by atoms with Gasteiger partial charge in [0.2, 0.25) is 16.9 Å². The van der Waals surface area contributed by atoms with E-state index in [9.17, 15) is 9.59 Å². The fourth-order valence-corrected chi connectivity index (χ4v) is 3.78. The molecule has 2 amide bonds. The summed E-state index contributed by atoms with van der Waals surface area (Å²) in [4.78, 5) is 27.0. The quantitative estimate of drug-likeness (QED) is 0.869. The van der Waals surface area contributed by atoms with Crippen molar-refractivity contribution in [3.8, 4) is 16.3 Å². The zero-order valence-corrected chi connectivity index (χ0v) is 16.8. The maximum absolute atomic E-state index is 12.7. The standard InChI is InChI=1S/C19H24N4O3S/c1-19(2,3)17(25)23-11-5-6-14(23)15(24)20-18-22-21-16(27-18)12-7-9-13(26-4)10-8-12/h7-10,14H,5-6,11H2,1-4H3,(H,20,22,24). The first-order valence-corrected chi connectivity index (χ1v) is 9.71. The molecule has 1 aliphatic heterocycles. The van der Waals surface area contributed by atoms with Crippen LogP contribution in [0.2, 0.25) is 0 Å². The zero-order valence-electron chi connectivity index (χ0n) is 16.0. The number of aromatic nitrogens is 2. The van der Waals surface area contributed by atoms with Gasteiger partial charge in [-0.3, -0.25) is 14.9 Å². The van der Waals surface area contributed by atoms with E-state index in [1.807, 2.05) is 45.0 Å². The SMILES string of the molecule is COc1ccc(-c2nnc(NC(=O)C3CCCN3C(=O)C(C)(C)C)s2)cc1. The topological polar surface area (TPSA) is 84.4 Å². The summed E-state index contributed by atoms with van der Waals surface area (Å²) in [5.41, 5.74) is 0.395. The average molecular weight is 388 g/mol. The van der Waals surface area contributed by atoms with Gasteiger partial charge in [-0.25, -0.2) is 0 Å². The van der Waals surface area contributed by atoms with Crippen LogP contribution in [0.5, 0.6) is 5.75 Å². The lowest BCUT2D eigenvalue weighted by atomic mass is 9.94. The number of nitrogens with zero attached hydrogens (tertiary/aromatic N) is 3. The van der Waals surface area contributed by atoms with E-state index in [1.54, 1.807) is 12.0 Å². The molecule has 1 saturated heterocycles. The number of rotatable bonds is 4. The second kappa shape index (κ2) is 7.64. The van der Waals surface area contributed by atoms with Crippen LogP contribution in [-0.2, 0) is 9.59 Å². The Morgan fingerprint density at radius 2 is 1.93 bits per heavy atom. The summed E-state index contributed by atoms with van der Waals surface area (Å²) in [7, 11) is 1.62. The van der Waals surface area contributed by atoms with Crippen LogP contribution < -0.4 is 10.1 Å². The van der Waals surface area contributed by atoms with Gasteiger partial charge in [0.05, 0.1) is 7.11 Å². The van der Waals surface area contributed by atoms with Crippen molar-refractivity contribution in [1.82, 2.24) is 15.1 Å². The molecule has 7 nitrogen and oxygen atoms in total. The van der Waals surface area contributed by atoms with Crippen molar-refractivity contribution in [3.05, 3.63) is 24.3 Å². The first-order chi connectivity index (χ1) is 12.8. The lowest BCUT2D eigenvalue weighted by Gasteiger charge is -2.29. The van der Waals surface area contributed by atoms with Gasteiger partial charge >= 0.3 is 0 Å². The molecule has 0 bridgehead atoms. The van der Waals surface area contributed by atoms with Gasteiger partial charge < -0.3 is 9.64 Å². The van der Waals surface area contributed by atoms with Crippen LogP contribution in [0.3, 0.4) is 0 Å². The smallest absolute Gasteiger partial charge is 0.249 e. The number of hydrogen-bond acceptors (Lipinski definition) is 6. The normalized spacial score (nSPS) is 17.0. The number of carbonyl (C=O) groups excluding carboxylic acids is 2. The molecule has 1 aromatic carbocycles. The molecule has 0 saturated carbocycles. The Morgan fingerprint density at radius 3 is 2.56 bits per heavy atom. The third-order valence-electron chi connectivity index (χ3n) is 4.45. The number of ether oxygens (including phenoxy) is 1. The molecule has 0 aliphatic carbocycles. The van der Waals surface area contributed by atoms with E-state index in [4.69, 9.17) is 4.74 Å².